The first-order valence-electron chi connectivity index (χ1n) is 15.2. The third-order valence-electron chi connectivity index (χ3n) is 10.2. The van der Waals surface area contributed by atoms with Crippen molar-refractivity contribution in [3.8, 4) is 17.1 Å². The lowest BCUT2D eigenvalue weighted by molar-refractivity contribution is -0.130. The molecule has 4 aliphatic heterocycles. The molecular weight excluding hydrogens is 565 g/mol. The predicted molar refractivity (Wildman–Crippen MR) is 167 cm³/mol. The van der Waals surface area contributed by atoms with Crippen molar-refractivity contribution >= 4 is 45.0 Å². The van der Waals surface area contributed by atoms with E-state index in [0.29, 0.717) is 30.7 Å². The van der Waals surface area contributed by atoms with E-state index in [1.165, 1.54) is 12.8 Å². The average Bonchev–Trinajstić information content (AvgIpc) is 3.68. The fourth-order valence-corrected chi connectivity index (χ4v) is 8.29. The number of hydrogen-bond donors (Lipinski definition) is 0. The molecule has 4 aliphatic rings. The summed E-state index contributed by atoms with van der Waals surface area (Å²) in [6.45, 7) is 7.13. The number of anilines is 1. The number of hydrogen-bond acceptors (Lipinski definition) is 6. The Morgan fingerprint density at radius 3 is 2.63 bits per heavy atom. The summed E-state index contributed by atoms with van der Waals surface area (Å²) in [5, 5.41) is 3.72. The summed E-state index contributed by atoms with van der Waals surface area (Å²) < 4.78 is 20.2. The van der Waals surface area contributed by atoms with Crippen LogP contribution in [-0.2, 0) is 4.79 Å². The standard InChI is InChI=1S/C34H33ClFN5O2/c1-21(36)32(42)40-17-12-28-29(40)19-41(28)31-25-11-10-23(24-8-2-6-22-7-3-9-26(35)30(22)24)18-27(25)37-33(38-31)43-20-34-13-4-15-39(34)16-5-14-34/h2-3,6-11,18,28-29H,1,4-5,12-17,19-20H2/t28-,29-/m1/s1. The Labute approximate surface area is 254 Å². The number of benzene rings is 3. The molecule has 0 spiro atoms. The van der Waals surface area contributed by atoms with Gasteiger partial charge in [0.15, 0.2) is 5.83 Å². The lowest BCUT2D eigenvalue weighted by Gasteiger charge is -2.47. The van der Waals surface area contributed by atoms with E-state index in [4.69, 9.17) is 26.3 Å². The molecule has 2 atom stereocenters. The Balaban J connectivity index is 1.19. The number of fused-ring (bicyclic) bond motifs is 4. The van der Waals surface area contributed by atoms with E-state index < -0.39 is 11.7 Å². The maximum Gasteiger partial charge on any atom is 0.319 e. The van der Waals surface area contributed by atoms with Crippen molar-refractivity contribution < 1.29 is 13.9 Å². The second kappa shape index (κ2) is 10.2. The summed E-state index contributed by atoms with van der Waals surface area (Å²) in [5.74, 6) is -0.723. The summed E-state index contributed by atoms with van der Waals surface area (Å²) in [7, 11) is 0. The molecule has 43 heavy (non-hydrogen) atoms. The molecule has 4 aromatic rings. The van der Waals surface area contributed by atoms with Crippen LogP contribution in [0.4, 0.5) is 10.2 Å². The number of halogens is 2. The van der Waals surface area contributed by atoms with Crippen LogP contribution in [0.1, 0.15) is 32.1 Å². The van der Waals surface area contributed by atoms with Gasteiger partial charge in [-0.05, 0) is 79.9 Å². The summed E-state index contributed by atoms with van der Waals surface area (Å²) in [5.41, 5.74) is 2.92. The van der Waals surface area contributed by atoms with Crippen molar-refractivity contribution in [1.29, 1.82) is 0 Å². The smallest absolute Gasteiger partial charge is 0.319 e. The van der Waals surface area contributed by atoms with Crippen LogP contribution in [-0.4, -0.2) is 76.1 Å². The molecular formula is C34H33ClFN5O2. The third kappa shape index (κ3) is 4.29. The maximum absolute atomic E-state index is 13.7. The number of amides is 1. The second-order valence-electron chi connectivity index (χ2n) is 12.4. The fourth-order valence-electron chi connectivity index (χ4n) is 8.01. The summed E-state index contributed by atoms with van der Waals surface area (Å²) >= 11 is 6.69. The van der Waals surface area contributed by atoms with E-state index in [1.807, 2.05) is 18.2 Å². The SMILES string of the molecule is C=C(F)C(=O)N1CC[C@@H]2[C@H]1CN2c1nc(OCC23CCCN2CCC3)nc2cc(-c3cccc4cccc(Cl)c34)ccc12. The van der Waals surface area contributed by atoms with Crippen molar-refractivity contribution in [2.45, 2.75) is 49.7 Å². The first-order valence-corrected chi connectivity index (χ1v) is 15.6. The number of likely N-dealkylation sites (tertiary alicyclic amines) is 1. The number of aromatic nitrogens is 2. The fraction of sp³-hybridized carbons (Fsp3) is 0.382. The molecule has 0 unspecified atom stereocenters. The molecule has 9 heteroatoms. The zero-order valence-corrected chi connectivity index (χ0v) is 24.7. The van der Waals surface area contributed by atoms with Gasteiger partial charge in [-0.2, -0.15) is 9.97 Å². The minimum absolute atomic E-state index is 0.0593. The largest absolute Gasteiger partial charge is 0.461 e. The Morgan fingerprint density at radius 2 is 1.84 bits per heavy atom. The highest BCUT2D eigenvalue weighted by molar-refractivity contribution is 6.36. The normalized spacial score (nSPS) is 22.6. The average molecular weight is 598 g/mol. The van der Waals surface area contributed by atoms with Crippen LogP contribution < -0.4 is 9.64 Å². The minimum atomic E-state index is -0.907. The Kier molecular flexibility index (Phi) is 6.35. The summed E-state index contributed by atoms with van der Waals surface area (Å²) in [6, 6.07) is 18.8. The van der Waals surface area contributed by atoms with Gasteiger partial charge in [0, 0.05) is 28.9 Å². The highest BCUT2D eigenvalue weighted by Crippen LogP contribution is 2.42. The van der Waals surface area contributed by atoms with Crippen molar-refractivity contribution in [1.82, 2.24) is 19.8 Å². The summed E-state index contributed by atoms with van der Waals surface area (Å²) in [4.78, 5) is 28.7. The van der Waals surface area contributed by atoms with Crippen LogP contribution in [0.15, 0.2) is 67.0 Å². The molecule has 4 fully saturated rings. The number of rotatable bonds is 6. The lowest BCUT2D eigenvalue weighted by atomic mass is 9.95. The van der Waals surface area contributed by atoms with Gasteiger partial charge in [0.1, 0.15) is 12.4 Å². The van der Waals surface area contributed by atoms with Gasteiger partial charge in [0.2, 0.25) is 0 Å². The summed E-state index contributed by atoms with van der Waals surface area (Å²) in [6.07, 6.45) is 5.41. The molecule has 0 N–H and O–H groups in total. The zero-order chi connectivity index (χ0) is 29.3. The topological polar surface area (TPSA) is 61.8 Å². The van der Waals surface area contributed by atoms with Gasteiger partial charge >= 0.3 is 6.01 Å². The minimum Gasteiger partial charge on any atom is -0.461 e. The molecule has 7 nitrogen and oxygen atoms in total. The predicted octanol–water partition coefficient (Wildman–Crippen LogP) is 6.38. The van der Waals surface area contributed by atoms with E-state index in [0.717, 1.165) is 71.0 Å². The van der Waals surface area contributed by atoms with E-state index >= 15 is 0 Å². The Morgan fingerprint density at radius 1 is 1.05 bits per heavy atom. The van der Waals surface area contributed by atoms with E-state index in [9.17, 15) is 9.18 Å². The molecule has 1 amide bonds. The molecule has 0 radical (unpaired) electrons. The number of ether oxygens (including phenoxy) is 1. The lowest BCUT2D eigenvalue weighted by Crippen LogP contribution is -2.63. The molecule has 3 aromatic carbocycles. The van der Waals surface area contributed by atoms with E-state index in [-0.39, 0.29) is 17.6 Å². The van der Waals surface area contributed by atoms with Crippen LogP contribution in [0.5, 0.6) is 6.01 Å². The first-order chi connectivity index (χ1) is 20.9. The van der Waals surface area contributed by atoms with Gasteiger partial charge in [-0.25, -0.2) is 4.39 Å². The van der Waals surface area contributed by atoms with Crippen LogP contribution >= 0.6 is 11.6 Å². The maximum atomic E-state index is 13.7. The molecule has 0 aliphatic carbocycles. The van der Waals surface area contributed by atoms with Gasteiger partial charge < -0.3 is 14.5 Å². The van der Waals surface area contributed by atoms with Crippen molar-refractivity contribution in [3.05, 3.63) is 72.0 Å². The van der Waals surface area contributed by atoms with Gasteiger partial charge in [-0.15, -0.1) is 0 Å². The Hall–Kier alpha value is -3.75. The first kappa shape index (κ1) is 26.8. The Bertz CT molecular complexity index is 1780. The van der Waals surface area contributed by atoms with Crippen LogP contribution in [0.2, 0.25) is 5.02 Å². The van der Waals surface area contributed by atoms with Gasteiger partial charge in [-0.1, -0.05) is 54.6 Å². The second-order valence-corrected chi connectivity index (χ2v) is 12.8. The molecule has 1 aromatic heterocycles. The monoisotopic (exact) mass is 597 g/mol. The molecule has 0 bridgehead atoms. The quantitative estimate of drug-likeness (QED) is 0.240. The molecule has 8 rings (SSSR count). The highest BCUT2D eigenvalue weighted by atomic mass is 35.5. The molecule has 220 valence electrons. The van der Waals surface area contributed by atoms with Crippen LogP contribution in [0.25, 0.3) is 32.8 Å². The third-order valence-corrected chi connectivity index (χ3v) is 10.5. The number of nitrogens with zero attached hydrogens (tertiary/aromatic N) is 5. The highest BCUT2D eigenvalue weighted by Gasteiger charge is 2.50. The van der Waals surface area contributed by atoms with Crippen molar-refractivity contribution in [2.75, 3.05) is 37.7 Å². The molecule has 0 saturated carbocycles. The van der Waals surface area contributed by atoms with Crippen LogP contribution in [0.3, 0.4) is 0 Å². The van der Waals surface area contributed by atoms with Gasteiger partial charge in [0.05, 0.1) is 23.1 Å². The van der Waals surface area contributed by atoms with E-state index in [2.05, 4.69) is 52.8 Å². The van der Waals surface area contributed by atoms with Gasteiger partial charge in [-0.3, -0.25) is 9.69 Å². The number of carbonyl (C=O) groups is 1. The van der Waals surface area contributed by atoms with Crippen LogP contribution in [0, 0.1) is 0 Å². The molecule has 5 heterocycles. The number of carbonyl (C=O) groups excluding carboxylic acids is 1. The molecule has 4 saturated heterocycles. The van der Waals surface area contributed by atoms with Gasteiger partial charge in [0.25, 0.3) is 5.91 Å². The van der Waals surface area contributed by atoms with E-state index in [1.54, 1.807) is 4.90 Å². The van der Waals surface area contributed by atoms with Crippen molar-refractivity contribution in [3.63, 3.8) is 0 Å². The zero-order valence-electron chi connectivity index (χ0n) is 23.9. The van der Waals surface area contributed by atoms with Crippen molar-refractivity contribution in [2.24, 2.45) is 0 Å².